The summed E-state index contributed by atoms with van der Waals surface area (Å²) in [6, 6.07) is 0. The topological polar surface area (TPSA) is 245 Å². The highest BCUT2D eigenvalue weighted by Gasteiger charge is 2.85. The van der Waals surface area contributed by atoms with Gasteiger partial charge in [-0.1, -0.05) is 26.3 Å². The molecule has 15 atom stereocenters. The zero-order valence-electron chi connectivity index (χ0n) is 28.7. The predicted molar refractivity (Wildman–Crippen MR) is 164 cm³/mol. The SMILES string of the molecule is COC(=O)[C@@]12OC[C@]34C([C@@H](O)[C@@H]1O)[C@@]1(C)CC(=O)C(O[C@@H]5O[C@H](CO)[C@@H](O)[C@H](O)[C@H]5O)=C(C)[C@@H]1C[C@H]3OC(=O)[C@H](OC(=O)/C=C(\C)C(C)C)C42. The Morgan fingerprint density at radius 2 is 1.72 bits per heavy atom. The van der Waals surface area contributed by atoms with Crippen LogP contribution in [0.25, 0.3) is 0 Å². The first-order chi connectivity index (χ1) is 23.4. The average molecular weight is 711 g/mol. The van der Waals surface area contributed by atoms with E-state index in [0.717, 1.165) is 7.11 Å². The lowest BCUT2D eigenvalue weighted by molar-refractivity contribution is -0.296. The number of Topliss-reactive ketones (excluding diaryl/α,β-unsaturated/α-hetero) is 1. The van der Waals surface area contributed by atoms with Crippen LogP contribution in [0.1, 0.15) is 47.5 Å². The largest absolute Gasteiger partial charge is 0.467 e. The van der Waals surface area contributed by atoms with E-state index in [9.17, 15) is 49.8 Å². The van der Waals surface area contributed by atoms with Crippen LogP contribution in [0.15, 0.2) is 23.0 Å². The maximum Gasteiger partial charge on any atom is 0.348 e. The number of hydrogen-bond acceptors (Lipinski definition) is 16. The van der Waals surface area contributed by atoms with Gasteiger partial charge in [-0.3, -0.25) is 4.79 Å². The average Bonchev–Trinajstić information content (AvgIpc) is 3.37. The minimum Gasteiger partial charge on any atom is -0.467 e. The Balaban J connectivity index is 1.44. The molecule has 16 heteroatoms. The monoisotopic (exact) mass is 710 g/mol. The minimum absolute atomic E-state index is 0.0225. The Morgan fingerprint density at radius 3 is 2.34 bits per heavy atom. The molecule has 3 aliphatic heterocycles. The highest BCUT2D eigenvalue weighted by molar-refractivity contribution is 5.96. The van der Waals surface area contributed by atoms with Gasteiger partial charge in [-0.25, -0.2) is 14.4 Å². The van der Waals surface area contributed by atoms with Crippen molar-refractivity contribution in [1.82, 2.24) is 0 Å². The van der Waals surface area contributed by atoms with Crippen molar-refractivity contribution in [3.05, 3.63) is 23.0 Å². The quantitative estimate of drug-likeness (QED) is 0.0991. The summed E-state index contributed by atoms with van der Waals surface area (Å²) in [4.78, 5) is 54.6. The van der Waals surface area contributed by atoms with E-state index in [4.69, 9.17) is 28.4 Å². The number of esters is 3. The molecule has 2 bridgehead atoms. The third kappa shape index (κ3) is 4.94. The molecule has 50 heavy (non-hydrogen) atoms. The Morgan fingerprint density at radius 1 is 1.04 bits per heavy atom. The molecule has 6 N–H and O–H groups in total. The zero-order chi connectivity index (χ0) is 36.8. The van der Waals surface area contributed by atoms with E-state index in [2.05, 4.69) is 0 Å². The van der Waals surface area contributed by atoms with Crippen molar-refractivity contribution < 1.29 is 78.2 Å². The number of methoxy groups -OCH3 is 1. The summed E-state index contributed by atoms with van der Waals surface area (Å²) >= 11 is 0. The van der Waals surface area contributed by atoms with E-state index in [1.165, 1.54) is 6.08 Å². The normalized spacial score (nSPS) is 46.9. The summed E-state index contributed by atoms with van der Waals surface area (Å²) in [5.74, 6) is -6.90. The maximum atomic E-state index is 14.0. The fourth-order valence-corrected chi connectivity index (χ4v) is 9.80. The molecular formula is C34H46O16. The van der Waals surface area contributed by atoms with Crippen LogP contribution in [0.4, 0.5) is 0 Å². The van der Waals surface area contributed by atoms with Gasteiger partial charge in [0, 0.05) is 23.8 Å². The molecule has 0 aromatic carbocycles. The molecule has 6 rings (SSSR count). The summed E-state index contributed by atoms with van der Waals surface area (Å²) in [7, 11) is 1.06. The summed E-state index contributed by atoms with van der Waals surface area (Å²) in [6.07, 6.45) is -13.7. The van der Waals surface area contributed by atoms with Gasteiger partial charge in [-0.05, 0) is 43.1 Å². The second-order valence-corrected chi connectivity index (χ2v) is 15.1. The molecule has 1 spiro atoms. The Bertz CT molecular complexity index is 1500. The van der Waals surface area contributed by atoms with Crippen molar-refractivity contribution in [1.29, 1.82) is 0 Å². The van der Waals surface area contributed by atoms with Gasteiger partial charge in [-0.2, -0.15) is 0 Å². The maximum absolute atomic E-state index is 14.0. The van der Waals surface area contributed by atoms with Crippen LogP contribution in [0.2, 0.25) is 0 Å². The van der Waals surface area contributed by atoms with Crippen molar-refractivity contribution in [2.75, 3.05) is 20.3 Å². The number of rotatable bonds is 7. The number of carbonyl (C=O) groups is 4. The highest BCUT2D eigenvalue weighted by atomic mass is 16.7. The highest BCUT2D eigenvalue weighted by Crippen LogP contribution is 2.73. The van der Waals surface area contributed by atoms with Crippen LogP contribution in [-0.4, -0.2) is 135 Å². The van der Waals surface area contributed by atoms with Gasteiger partial charge in [0.15, 0.2) is 11.5 Å². The molecule has 2 unspecified atom stereocenters. The summed E-state index contributed by atoms with van der Waals surface area (Å²) in [5.41, 5.74) is -3.97. The van der Waals surface area contributed by atoms with Gasteiger partial charge < -0.3 is 59.1 Å². The van der Waals surface area contributed by atoms with E-state index in [1.807, 2.05) is 13.8 Å². The van der Waals surface area contributed by atoms with Crippen LogP contribution in [0.3, 0.4) is 0 Å². The lowest BCUT2D eigenvalue weighted by Crippen LogP contribution is -2.79. The van der Waals surface area contributed by atoms with Gasteiger partial charge in [0.05, 0.1) is 32.3 Å². The molecule has 0 radical (unpaired) electrons. The third-order valence-corrected chi connectivity index (χ3v) is 12.4. The molecule has 278 valence electrons. The lowest BCUT2D eigenvalue weighted by Gasteiger charge is -2.67. The molecule has 0 aromatic heterocycles. The Labute approximate surface area is 287 Å². The van der Waals surface area contributed by atoms with Crippen molar-refractivity contribution >= 4 is 23.7 Å². The van der Waals surface area contributed by atoms with Crippen molar-refractivity contribution in [3.8, 4) is 0 Å². The fraction of sp³-hybridized carbons (Fsp3) is 0.765. The summed E-state index contributed by atoms with van der Waals surface area (Å²) in [5, 5.41) is 64.6. The Hall–Kier alpha value is -2.96. The summed E-state index contributed by atoms with van der Waals surface area (Å²) in [6.45, 7) is 7.74. The minimum atomic E-state index is -2.33. The van der Waals surface area contributed by atoms with Gasteiger partial charge in [0.1, 0.15) is 36.6 Å². The number of allylic oxidation sites excluding steroid dienone is 3. The molecule has 3 aliphatic carbocycles. The van der Waals surface area contributed by atoms with Crippen LogP contribution < -0.4 is 0 Å². The molecule has 6 aliphatic rings. The first-order valence-corrected chi connectivity index (χ1v) is 16.8. The zero-order valence-corrected chi connectivity index (χ0v) is 28.7. The lowest BCUT2D eigenvalue weighted by atomic mass is 9.38. The molecule has 0 amide bonds. The van der Waals surface area contributed by atoms with Crippen molar-refractivity contribution in [3.63, 3.8) is 0 Å². The van der Waals surface area contributed by atoms with Crippen molar-refractivity contribution in [2.45, 2.75) is 108 Å². The van der Waals surface area contributed by atoms with Gasteiger partial charge in [0.2, 0.25) is 18.0 Å². The van der Waals surface area contributed by atoms with E-state index < -0.39 is 120 Å². The second kappa shape index (κ2) is 12.6. The number of carbonyl (C=O) groups excluding carboxylic acids is 4. The number of hydrogen-bond donors (Lipinski definition) is 6. The van der Waals surface area contributed by atoms with Crippen LogP contribution in [-0.2, 0) is 47.6 Å². The number of aliphatic hydroxyl groups is 6. The number of ether oxygens (including phenoxy) is 6. The van der Waals surface area contributed by atoms with E-state index in [1.54, 1.807) is 20.8 Å². The van der Waals surface area contributed by atoms with Crippen LogP contribution >= 0.6 is 0 Å². The molecular weight excluding hydrogens is 664 g/mol. The number of ketones is 1. The van der Waals surface area contributed by atoms with Crippen molar-refractivity contribution in [2.24, 2.45) is 34.5 Å². The standard InChI is InChI=1S/C34H46O16/c1-12(2)13(3)7-19(37)49-25-27-33-11-46-34(27,31(44)45-6)28(42)23(41)26(33)32(5)9-16(36)24(14(4)15(32)8-18(33)48-29(25)43)50-30-22(40)21(39)20(38)17(10-35)47-30/h7,12,15,17-18,20-23,25-28,30,35,38-42H,8-11H2,1-6H3/b13-7+/t15-,17+,18+,20+,21-,22+,23+,25+,26?,27?,28-,30-,32-,33+,34-/m0/s1. The van der Waals surface area contributed by atoms with E-state index in [-0.39, 0.29) is 31.1 Å². The summed E-state index contributed by atoms with van der Waals surface area (Å²) < 4.78 is 34.3. The second-order valence-electron chi connectivity index (χ2n) is 15.1. The predicted octanol–water partition coefficient (Wildman–Crippen LogP) is -1.59. The van der Waals surface area contributed by atoms with Crippen LogP contribution in [0.5, 0.6) is 0 Å². The third-order valence-electron chi connectivity index (χ3n) is 12.4. The molecule has 5 fully saturated rings. The smallest absolute Gasteiger partial charge is 0.348 e. The molecule has 3 saturated heterocycles. The van der Waals surface area contributed by atoms with Gasteiger partial charge in [-0.15, -0.1) is 0 Å². The molecule has 3 heterocycles. The first kappa shape index (κ1) is 36.8. The number of aliphatic hydroxyl groups excluding tert-OH is 6. The fourth-order valence-electron chi connectivity index (χ4n) is 9.80. The van der Waals surface area contributed by atoms with E-state index in [0.29, 0.717) is 11.1 Å². The molecule has 16 nitrogen and oxygen atoms in total. The first-order valence-electron chi connectivity index (χ1n) is 16.8. The molecule has 2 saturated carbocycles. The Kier molecular flexibility index (Phi) is 9.29. The number of fused-ring (bicyclic) bond motifs is 2. The van der Waals surface area contributed by atoms with Gasteiger partial charge >= 0.3 is 17.9 Å². The van der Waals surface area contributed by atoms with E-state index >= 15 is 0 Å². The van der Waals surface area contributed by atoms with Crippen LogP contribution in [0, 0.1) is 34.5 Å². The molecule has 0 aromatic rings. The van der Waals surface area contributed by atoms with Gasteiger partial charge in [0.25, 0.3) is 0 Å².